The molecule has 0 radical (unpaired) electrons. The van der Waals surface area contributed by atoms with Crippen molar-refractivity contribution in [3.05, 3.63) is 115 Å². The van der Waals surface area contributed by atoms with Gasteiger partial charge in [0.1, 0.15) is 0 Å². The lowest BCUT2D eigenvalue weighted by atomic mass is 9.95. The van der Waals surface area contributed by atoms with Gasteiger partial charge in [-0.3, -0.25) is 4.79 Å². The number of benzene rings is 4. The van der Waals surface area contributed by atoms with Gasteiger partial charge in [0, 0.05) is 16.7 Å². The molecule has 2 heteroatoms. The first-order valence-electron chi connectivity index (χ1n) is 8.93. The monoisotopic (exact) mass is 349 g/mol. The number of hydrogen-bond donors (Lipinski definition) is 1. The molecule has 4 aromatic rings. The van der Waals surface area contributed by atoms with E-state index >= 15 is 0 Å². The first-order chi connectivity index (χ1) is 13.3. The van der Waals surface area contributed by atoms with E-state index < -0.39 is 0 Å². The van der Waals surface area contributed by atoms with Gasteiger partial charge in [-0.15, -0.1) is 0 Å². The summed E-state index contributed by atoms with van der Waals surface area (Å²) >= 11 is 0. The number of anilines is 1. The fourth-order valence-corrected chi connectivity index (χ4v) is 3.18. The highest BCUT2D eigenvalue weighted by Gasteiger charge is 2.15. The van der Waals surface area contributed by atoms with Crippen LogP contribution in [0.5, 0.6) is 0 Å². The van der Waals surface area contributed by atoms with Crippen LogP contribution in [0.2, 0.25) is 0 Å². The van der Waals surface area contributed by atoms with E-state index in [9.17, 15) is 4.79 Å². The van der Waals surface area contributed by atoms with Gasteiger partial charge in [-0.2, -0.15) is 0 Å². The molecule has 130 valence electrons. The van der Waals surface area contributed by atoms with Gasteiger partial charge in [-0.1, -0.05) is 97.1 Å². The van der Waals surface area contributed by atoms with Crippen molar-refractivity contribution in [2.75, 3.05) is 5.32 Å². The second-order valence-electron chi connectivity index (χ2n) is 6.28. The molecule has 0 saturated carbocycles. The van der Waals surface area contributed by atoms with Gasteiger partial charge in [0.2, 0.25) is 0 Å². The van der Waals surface area contributed by atoms with Crippen LogP contribution in [0, 0.1) is 0 Å². The van der Waals surface area contributed by atoms with Crippen molar-refractivity contribution in [2.24, 2.45) is 0 Å². The molecule has 0 bridgehead atoms. The van der Waals surface area contributed by atoms with Crippen LogP contribution in [-0.2, 0) is 0 Å². The zero-order chi connectivity index (χ0) is 18.5. The Balaban J connectivity index is 1.85. The summed E-state index contributed by atoms with van der Waals surface area (Å²) in [6.07, 6.45) is 0. The Morgan fingerprint density at radius 1 is 0.519 bits per heavy atom. The highest BCUT2D eigenvalue weighted by atomic mass is 16.1. The van der Waals surface area contributed by atoms with E-state index in [4.69, 9.17) is 0 Å². The SMILES string of the molecule is O=C(Nc1c(-c2ccccc2)cccc1-c1ccccc1)c1ccccc1. The average Bonchev–Trinajstić information content (AvgIpc) is 2.76. The Kier molecular flexibility index (Phi) is 4.80. The van der Waals surface area contributed by atoms with Crippen LogP contribution < -0.4 is 5.32 Å². The standard InChI is InChI=1S/C25H19NO/c27-25(21-15-8-3-9-16-21)26-24-22(19-11-4-1-5-12-19)17-10-18-23(24)20-13-6-2-7-14-20/h1-18H,(H,26,27). The van der Waals surface area contributed by atoms with Gasteiger partial charge >= 0.3 is 0 Å². The van der Waals surface area contributed by atoms with Crippen LogP contribution in [0.1, 0.15) is 10.4 Å². The van der Waals surface area contributed by atoms with Crippen molar-refractivity contribution < 1.29 is 4.79 Å². The van der Waals surface area contributed by atoms with Crippen molar-refractivity contribution >= 4 is 11.6 Å². The maximum absolute atomic E-state index is 12.9. The van der Waals surface area contributed by atoms with Crippen molar-refractivity contribution in [1.82, 2.24) is 0 Å². The first-order valence-corrected chi connectivity index (χ1v) is 8.93. The molecule has 0 aliphatic heterocycles. The lowest BCUT2D eigenvalue weighted by Gasteiger charge is -2.17. The normalized spacial score (nSPS) is 10.4. The molecule has 1 N–H and O–H groups in total. The number of nitrogens with one attached hydrogen (secondary N) is 1. The lowest BCUT2D eigenvalue weighted by molar-refractivity contribution is 0.102. The topological polar surface area (TPSA) is 29.1 Å². The number of amides is 1. The molecule has 4 rings (SSSR count). The van der Waals surface area contributed by atoms with E-state index in [1.54, 1.807) is 0 Å². The predicted molar refractivity (Wildman–Crippen MR) is 112 cm³/mol. The fourth-order valence-electron chi connectivity index (χ4n) is 3.18. The Morgan fingerprint density at radius 3 is 1.44 bits per heavy atom. The van der Waals surface area contributed by atoms with Crippen LogP contribution in [-0.4, -0.2) is 5.91 Å². The molecule has 27 heavy (non-hydrogen) atoms. The van der Waals surface area contributed by atoms with Gasteiger partial charge in [-0.05, 0) is 23.3 Å². The van der Waals surface area contributed by atoms with Crippen molar-refractivity contribution in [3.63, 3.8) is 0 Å². The molecule has 0 unspecified atom stereocenters. The third-order valence-corrected chi connectivity index (χ3v) is 4.51. The quantitative estimate of drug-likeness (QED) is 0.462. The number of carbonyl (C=O) groups is 1. The summed E-state index contributed by atoms with van der Waals surface area (Å²) in [5.41, 5.74) is 5.60. The molecule has 0 aliphatic carbocycles. The Hall–Kier alpha value is -3.65. The van der Waals surface area contributed by atoms with E-state index in [-0.39, 0.29) is 5.91 Å². The Morgan fingerprint density at radius 2 is 0.963 bits per heavy atom. The third kappa shape index (κ3) is 3.65. The second kappa shape index (κ2) is 7.71. The van der Waals surface area contributed by atoms with E-state index in [2.05, 4.69) is 29.6 Å². The Labute approximate surface area is 159 Å². The number of carbonyl (C=O) groups excluding carboxylic acids is 1. The molecule has 0 heterocycles. The molecule has 0 atom stereocenters. The molecule has 2 nitrogen and oxygen atoms in total. The summed E-state index contributed by atoms with van der Waals surface area (Å²) in [7, 11) is 0. The molecular weight excluding hydrogens is 330 g/mol. The number of para-hydroxylation sites is 1. The van der Waals surface area contributed by atoms with Gasteiger partial charge in [0.05, 0.1) is 5.69 Å². The molecule has 0 fully saturated rings. The minimum absolute atomic E-state index is 0.115. The highest BCUT2D eigenvalue weighted by Crippen LogP contribution is 2.37. The van der Waals surface area contributed by atoms with Gasteiger partial charge in [0.25, 0.3) is 5.91 Å². The molecular formula is C25H19NO. The van der Waals surface area contributed by atoms with E-state index in [1.807, 2.05) is 84.9 Å². The molecule has 0 saturated heterocycles. The van der Waals surface area contributed by atoms with Crippen LogP contribution in [0.25, 0.3) is 22.3 Å². The van der Waals surface area contributed by atoms with Crippen LogP contribution in [0.4, 0.5) is 5.69 Å². The molecule has 1 amide bonds. The van der Waals surface area contributed by atoms with Crippen LogP contribution >= 0.6 is 0 Å². The molecule has 0 aliphatic rings. The third-order valence-electron chi connectivity index (χ3n) is 4.51. The van der Waals surface area contributed by atoms with E-state index in [1.165, 1.54) is 0 Å². The van der Waals surface area contributed by atoms with Crippen molar-refractivity contribution in [2.45, 2.75) is 0 Å². The van der Waals surface area contributed by atoms with Crippen molar-refractivity contribution in [1.29, 1.82) is 0 Å². The average molecular weight is 349 g/mol. The zero-order valence-electron chi connectivity index (χ0n) is 14.8. The zero-order valence-corrected chi connectivity index (χ0v) is 14.8. The fraction of sp³-hybridized carbons (Fsp3) is 0. The van der Waals surface area contributed by atoms with Crippen LogP contribution in [0.15, 0.2) is 109 Å². The summed E-state index contributed by atoms with van der Waals surface area (Å²) in [6, 6.07) is 35.7. The summed E-state index contributed by atoms with van der Waals surface area (Å²) in [4.78, 5) is 12.9. The summed E-state index contributed by atoms with van der Waals surface area (Å²) < 4.78 is 0. The molecule has 0 spiro atoms. The van der Waals surface area contributed by atoms with Crippen molar-refractivity contribution in [3.8, 4) is 22.3 Å². The summed E-state index contributed by atoms with van der Waals surface area (Å²) in [5, 5.41) is 3.15. The molecule has 4 aromatic carbocycles. The van der Waals surface area contributed by atoms with E-state index in [0.29, 0.717) is 5.56 Å². The highest BCUT2D eigenvalue weighted by molar-refractivity contribution is 6.09. The smallest absolute Gasteiger partial charge is 0.255 e. The van der Waals surface area contributed by atoms with E-state index in [0.717, 1.165) is 27.9 Å². The summed E-state index contributed by atoms with van der Waals surface area (Å²) in [6.45, 7) is 0. The predicted octanol–water partition coefficient (Wildman–Crippen LogP) is 6.27. The largest absolute Gasteiger partial charge is 0.321 e. The minimum atomic E-state index is -0.115. The van der Waals surface area contributed by atoms with Gasteiger partial charge < -0.3 is 5.32 Å². The number of hydrogen-bond acceptors (Lipinski definition) is 1. The second-order valence-corrected chi connectivity index (χ2v) is 6.28. The van der Waals surface area contributed by atoms with Crippen LogP contribution in [0.3, 0.4) is 0 Å². The maximum Gasteiger partial charge on any atom is 0.255 e. The molecule has 0 aromatic heterocycles. The first kappa shape index (κ1) is 16.8. The minimum Gasteiger partial charge on any atom is -0.321 e. The maximum atomic E-state index is 12.9. The Bertz CT molecular complexity index is 984. The van der Waals surface area contributed by atoms with Gasteiger partial charge in [-0.25, -0.2) is 0 Å². The lowest BCUT2D eigenvalue weighted by Crippen LogP contribution is -2.13. The number of rotatable bonds is 4. The summed E-state index contributed by atoms with van der Waals surface area (Å²) in [5.74, 6) is -0.115. The van der Waals surface area contributed by atoms with Gasteiger partial charge in [0.15, 0.2) is 0 Å².